The highest BCUT2D eigenvalue weighted by atomic mass is 32.2. The van der Waals surface area contributed by atoms with Crippen LogP contribution in [0.1, 0.15) is 57.5 Å². The Kier molecular flexibility index (Phi) is 6.47. The van der Waals surface area contributed by atoms with E-state index in [1.54, 1.807) is 6.92 Å². The summed E-state index contributed by atoms with van der Waals surface area (Å²) in [6, 6.07) is 1.96. The number of hydrogen-bond donors (Lipinski definition) is 1. The summed E-state index contributed by atoms with van der Waals surface area (Å²) in [4.78, 5) is 32.2. The molecule has 2 aromatic heterocycles. The van der Waals surface area contributed by atoms with Gasteiger partial charge in [-0.2, -0.15) is 18.4 Å². The van der Waals surface area contributed by atoms with Gasteiger partial charge < -0.3 is 5.32 Å². The van der Waals surface area contributed by atoms with Crippen LogP contribution in [-0.4, -0.2) is 27.4 Å². The molecular formula is C19H17F3N4O2S2. The smallest absolute Gasteiger partial charge is 0.316 e. The number of Topliss-reactive ketones (excluding diaryl/α,β-unsaturated/α-hetero) is 1. The fourth-order valence-electron chi connectivity index (χ4n) is 3.24. The van der Waals surface area contributed by atoms with E-state index in [1.807, 2.05) is 6.07 Å². The van der Waals surface area contributed by atoms with Crippen LogP contribution in [0, 0.1) is 18.3 Å². The number of carbonyl (C=O) groups excluding carboxylic acids is 2. The maximum Gasteiger partial charge on any atom is 0.433 e. The standard InChI is InChI=1S/C19H17F3N4O2S2/c1-9-12(7-23)17(30-15(9)10(2)27)25-14(28)8-29-18-24-13-6-4-3-5-11(13)16(26-18)19(20,21)22/h3-6,8H2,1-2H3,(H,25,28). The number of halogens is 3. The number of nitriles is 1. The molecule has 2 aromatic rings. The van der Waals surface area contributed by atoms with Crippen molar-refractivity contribution >= 4 is 39.8 Å². The molecule has 0 bridgehead atoms. The summed E-state index contributed by atoms with van der Waals surface area (Å²) in [5.41, 5.74) is 0.297. The Hall–Kier alpha value is -2.45. The summed E-state index contributed by atoms with van der Waals surface area (Å²) in [6.07, 6.45) is -2.41. The number of nitrogens with one attached hydrogen (secondary N) is 1. The molecule has 3 rings (SSSR count). The third kappa shape index (κ3) is 4.65. The highest BCUT2D eigenvalue weighted by Crippen LogP contribution is 2.36. The molecule has 0 radical (unpaired) electrons. The van der Waals surface area contributed by atoms with Gasteiger partial charge in [0.05, 0.1) is 16.2 Å². The number of ketones is 1. The lowest BCUT2D eigenvalue weighted by Crippen LogP contribution is -2.20. The van der Waals surface area contributed by atoms with Gasteiger partial charge in [0.15, 0.2) is 16.6 Å². The van der Waals surface area contributed by atoms with Crippen molar-refractivity contribution in [2.45, 2.75) is 50.9 Å². The van der Waals surface area contributed by atoms with Crippen LogP contribution >= 0.6 is 23.1 Å². The van der Waals surface area contributed by atoms with Crippen molar-refractivity contribution in [2.24, 2.45) is 0 Å². The third-order valence-electron chi connectivity index (χ3n) is 4.59. The minimum absolute atomic E-state index is 0.106. The molecule has 1 aliphatic rings. The van der Waals surface area contributed by atoms with Gasteiger partial charge in [0.25, 0.3) is 0 Å². The Morgan fingerprint density at radius 1 is 1.27 bits per heavy atom. The van der Waals surface area contributed by atoms with E-state index in [0.29, 0.717) is 35.4 Å². The number of rotatable bonds is 5. The second kappa shape index (κ2) is 8.73. The lowest BCUT2D eigenvalue weighted by molar-refractivity contribution is -0.142. The third-order valence-corrected chi connectivity index (χ3v) is 6.75. The zero-order chi connectivity index (χ0) is 22.1. The first-order valence-electron chi connectivity index (χ1n) is 9.05. The molecule has 0 unspecified atom stereocenters. The van der Waals surface area contributed by atoms with Gasteiger partial charge in [0.2, 0.25) is 5.91 Å². The number of fused-ring (bicyclic) bond motifs is 1. The molecular weight excluding hydrogens is 437 g/mol. The lowest BCUT2D eigenvalue weighted by atomic mass is 9.94. The Morgan fingerprint density at radius 2 is 1.97 bits per heavy atom. The number of anilines is 1. The quantitative estimate of drug-likeness (QED) is 0.405. The van der Waals surface area contributed by atoms with Crippen LogP contribution in [0.3, 0.4) is 0 Å². The van der Waals surface area contributed by atoms with Crippen molar-refractivity contribution in [3.8, 4) is 6.07 Å². The monoisotopic (exact) mass is 454 g/mol. The second-order valence-corrected chi connectivity index (χ2v) is 8.71. The average Bonchev–Trinajstić information content (AvgIpc) is 3.00. The van der Waals surface area contributed by atoms with Crippen LogP contribution in [0.5, 0.6) is 0 Å². The van der Waals surface area contributed by atoms with Gasteiger partial charge in [-0.3, -0.25) is 9.59 Å². The zero-order valence-electron chi connectivity index (χ0n) is 16.1. The summed E-state index contributed by atoms with van der Waals surface area (Å²) < 4.78 is 40.2. The number of aryl methyl sites for hydroxylation is 1. The maximum absolute atomic E-state index is 13.4. The van der Waals surface area contributed by atoms with Crippen LogP contribution in [0.2, 0.25) is 0 Å². The van der Waals surface area contributed by atoms with E-state index in [4.69, 9.17) is 0 Å². The van der Waals surface area contributed by atoms with Crippen molar-refractivity contribution in [1.82, 2.24) is 9.97 Å². The van der Waals surface area contributed by atoms with Crippen LogP contribution in [0.4, 0.5) is 18.2 Å². The van der Waals surface area contributed by atoms with Crippen molar-refractivity contribution in [1.29, 1.82) is 5.26 Å². The number of thioether (sulfide) groups is 1. The normalized spacial score (nSPS) is 13.5. The summed E-state index contributed by atoms with van der Waals surface area (Å²) >= 11 is 1.80. The topological polar surface area (TPSA) is 95.7 Å². The summed E-state index contributed by atoms with van der Waals surface area (Å²) in [5.74, 6) is -0.971. The van der Waals surface area contributed by atoms with Crippen LogP contribution in [0.15, 0.2) is 5.16 Å². The number of alkyl halides is 3. The predicted octanol–water partition coefficient (Wildman–Crippen LogP) is 4.55. The number of carbonyl (C=O) groups is 2. The van der Waals surface area contributed by atoms with E-state index in [2.05, 4.69) is 15.3 Å². The molecule has 1 aliphatic carbocycles. The molecule has 0 fully saturated rings. The highest BCUT2D eigenvalue weighted by molar-refractivity contribution is 7.99. The Bertz CT molecular complexity index is 1060. The largest absolute Gasteiger partial charge is 0.433 e. The molecule has 2 heterocycles. The van der Waals surface area contributed by atoms with E-state index in [1.165, 1.54) is 6.92 Å². The van der Waals surface area contributed by atoms with E-state index < -0.39 is 17.8 Å². The van der Waals surface area contributed by atoms with Gasteiger partial charge in [-0.05, 0) is 45.1 Å². The van der Waals surface area contributed by atoms with E-state index in [-0.39, 0.29) is 32.8 Å². The molecule has 158 valence electrons. The molecule has 0 saturated carbocycles. The lowest BCUT2D eigenvalue weighted by Gasteiger charge is -2.20. The molecule has 0 spiro atoms. The van der Waals surface area contributed by atoms with Crippen LogP contribution in [0.25, 0.3) is 0 Å². The molecule has 0 aromatic carbocycles. The van der Waals surface area contributed by atoms with Gasteiger partial charge in [-0.15, -0.1) is 11.3 Å². The number of hydrogen-bond acceptors (Lipinski definition) is 7. The first-order valence-corrected chi connectivity index (χ1v) is 10.9. The first kappa shape index (κ1) is 22.2. The molecule has 11 heteroatoms. The number of nitrogens with zero attached hydrogens (tertiary/aromatic N) is 3. The summed E-state index contributed by atoms with van der Waals surface area (Å²) in [5, 5.41) is 12.0. The summed E-state index contributed by atoms with van der Waals surface area (Å²) in [7, 11) is 0. The molecule has 0 aliphatic heterocycles. The number of aromatic nitrogens is 2. The van der Waals surface area contributed by atoms with E-state index in [0.717, 1.165) is 29.5 Å². The number of amides is 1. The highest BCUT2D eigenvalue weighted by Gasteiger charge is 2.38. The van der Waals surface area contributed by atoms with Crippen molar-refractivity contribution in [3.63, 3.8) is 0 Å². The SMILES string of the molecule is CC(=O)c1sc(NC(=O)CSc2nc3c(c(C(F)(F)F)n2)CCCC3)c(C#N)c1C. The summed E-state index contributed by atoms with van der Waals surface area (Å²) in [6.45, 7) is 2.99. The first-order chi connectivity index (χ1) is 14.1. The van der Waals surface area contributed by atoms with Crippen LogP contribution in [-0.2, 0) is 23.8 Å². The minimum atomic E-state index is -4.58. The van der Waals surface area contributed by atoms with Crippen LogP contribution < -0.4 is 5.32 Å². The fraction of sp³-hybridized carbons (Fsp3) is 0.421. The average molecular weight is 454 g/mol. The van der Waals surface area contributed by atoms with E-state index >= 15 is 0 Å². The molecule has 1 amide bonds. The molecule has 0 atom stereocenters. The van der Waals surface area contributed by atoms with Gasteiger partial charge in [-0.25, -0.2) is 9.97 Å². The fourth-order valence-corrected chi connectivity index (χ4v) is 4.97. The minimum Gasteiger partial charge on any atom is -0.316 e. The zero-order valence-corrected chi connectivity index (χ0v) is 17.8. The van der Waals surface area contributed by atoms with Crippen molar-refractivity contribution in [2.75, 3.05) is 11.1 Å². The van der Waals surface area contributed by atoms with Gasteiger partial charge in [-0.1, -0.05) is 11.8 Å². The molecule has 30 heavy (non-hydrogen) atoms. The van der Waals surface area contributed by atoms with Gasteiger partial charge >= 0.3 is 6.18 Å². The van der Waals surface area contributed by atoms with Gasteiger partial charge in [0.1, 0.15) is 11.1 Å². The molecule has 0 saturated heterocycles. The second-order valence-electron chi connectivity index (χ2n) is 6.75. The Balaban J connectivity index is 1.77. The van der Waals surface area contributed by atoms with Crippen molar-refractivity contribution < 1.29 is 22.8 Å². The number of thiophene rings is 1. The Morgan fingerprint density at radius 3 is 2.60 bits per heavy atom. The van der Waals surface area contributed by atoms with Crippen molar-refractivity contribution in [3.05, 3.63) is 33.0 Å². The molecule has 1 N–H and O–H groups in total. The maximum atomic E-state index is 13.4. The van der Waals surface area contributed by atoms with E-state index in [9.17, 15) is 28.0 Å². The molecule has 6 nitrogen and oxygen atoms in total. The Labute approximate surface area is 178 Å². The van der Waals surface area contributed by atoms with Gasteiger partial charge in [0, 0.05) is 11.3 Å². The predicted molar refractivity (Wildman–Crippen MR) is 107 cm³/mol.